The molecule has 0 saturated carbocycles. The van der Waals surface area contributed by atoms with Crippen molar-refractivity contribution in [3.8, 4) is 50.5 Å². The third-order valence-corrected chi connectivity index (χ3v) is 10.5. The molecule has 0 saturated heterocycles. The lowest BCUT2D eigenvalue weighted by molar-refractivity contribution is 1.01. The summed E-state index contributed by atoms with van der Waals surface area (Å²) in [5, 5.41) is 6.19. The van der Waals surface area contributed by atoms with Crippen LogP contribution in [0.3, 0.4) is 0 Å². The van der Waals surface area contributed by atoms with Gasteiger partial charge in [0.15, 0.2) is 0 Å². The molecule has 0 radical (unpaired) electrons. The minimum absolute atomic E-state index is 0.979. The van der Waals surface area contributed by atoms with Crippen molar-refractivity contribution in [1.82, 2.24) is 19.1 Å². The molecule has 0 atom stereocenters. The van der Waals surface area contributed by atoms with E-state index in [1.54, 1.807) is 0 Å². The standard InChI is InChI=1S/C45H28N4/c1-48-40-19-14-27(28-15-21-43-35(24-28)31-10-5-6-13-42(31)49(43)30-8-3-2-4-9-30)25-36(40)37-26-29(16-20-41(37)48)38-18-17-33-32-11-7-12-39-44(32)34(22-23-46-39)45(33)47-38/h2-26H,1H3. The summed E-state index contributed by atoms with van der Waals surface area (Å²) in [4.78, 5) is 9.87. The van der Waals surface area contributed by atoms with Crippen molar-refractivity contribution in [2.75, 3.05) is 0 Å². The van der Waals surface area contributed by atoms with Crippen LogP contribution in [0.5, 0.6) is 0 Å². The van der Waals surface area contributed by atoms with Crippen LogP contribution in [0, 0.1) is 0 Å². The van der Waals surface area contributed by atoms with E-state index >= 15 is 0 Å². The van der Waals surface area contributed by atoms with Crippen molar-refractivity contribution in [2.45, 2.75) is 0 Å². The van der Waals surface area contributed by atoms with Gasteiger partial charge in [-0.2, -0.15) is 0 Å². The number of para-hydroxylation sites is 2. The average molecular weight is 625 g/mol. The molecule has 1 aliphatic carbocycles. The van der Waals surface area contributed by atoms with Crippen molar-refractivity contribution < 1.29 is 0 Å². The maximum absolute atomic E-state index is 5.26. The molecule has 4 nitrogen and oxygen atoms in total. The summed E-state index contributed by atoms with van der Waals surface area (Å²) < 4.78 is 4.67. The largest absolute Gasteiger partial charge is 0.344 e. The summed E-state index contributed by atoms with van der Waals surface area (Å²) in [6, 6.07) is 52.7. The predicted molar refractivity (Wildman–Crippen MR) is 203 cm³/mol. The highest BCUT2D eigenvalue weighted by Crippen LogP contribution is 2.46. The zero-order chi connectivity index (χ0) is 32.2. The Kier molecular flexibility index (Phi) is 5.28. The third-order valence-electron chi connectivity index (χ3n) is 10.5. The van der Waals surface area contributed by atoms with E-state index in [-0.39, 0.29) is 0 Å². The molecule has 4 aromatic heterocycles. The molecule has 4 heterocycles. The molecule has 6 aromatic carbocycles. The summed E-state index contributed by atoms with van der Waals surface area (Å²) >= 11 is 0. The number of pyridine rings is 2. The van der Waals surface area contributed by atoms with Gasteiger partial charge in [0.1, 0.15) is 0 Å². The molecule has 228 valence electrons. The second-order valence-electron chi connectivity index (χ2n) is 13.1. The minimum Gasteiger partial charge on any atom is -0.344 e. The van der Waals surface area contributed by atoms with E-state index in [1.165, 1.54) is 76.9 Å². The van der Waals surface area contributed by atoms with Crippen molar-refractivity contribution in [1.29, 1.82) is 0 Å². The Hall–Kier alpha value is -6.52. The van der Waals surface area contributed by atoms with E-state index in [4.69, 9.17) is 4.98 Å². The molecule has 4 heteroatoms. The molecule has 0 spiro atoms. The number of benzene rings is 6. The first kappa shape index (κ1) is 26.5. The molecular weight excluding hydrogens is 597 g/mol. The second kappa shape index (κ2) is 9.75. The highest BCUT2D eigenvalue weighted by Gasteiger charge is 2.23. The quantitative estimate of drug-likeness (QED) is 0.196. The predicted octanol–water partition coefficient (Wildman–Crippen LogP) is 11.4. The zero-order valence-electron chi connectivity index (χ0n) is 26.7. The van der Waals surface area contributed by atoms with E-state index in [0.717, 1.165) is 28.0 Å². The van der Waals surface area contributed by atoms with Crippen molar-refractivity contribution >= 4 is 54.5 Å². The van der Waals surface area contributed by atoms with E-state index in [1.807, 2.05) is 6.20 Å². The van der Waals surface area contributed by atoms with E-state index in [2.05, 4.69) is 167 Å². The van der Waals surface area contributed by atoms with Crippen LogP contribution in [0.1, 0.15) is 0 Å². The lowest BCUT2D eigenvalue weighted by Gasteiger charge is -2.08. The number of nitrogens with zero attached hydrogens (tertiary/aromatic N) is 4. The van der Waals surface area contributed by atoms with Gasteiger partial charge in [-0.1, -0.05) is 66.7 Å². The fraction of sp³-hybridized carbons (Fsp3) is 0.0222. The highest BCUT2D eigenvalue weighted by atomic mass is 15.0. The smallest absolute Gasteiger partial charge is 0.0795 e. The van der Waals surface area contributed by atoms with Crippen LogP contribution >= 0.6 is 0 Å². The molecule has 10 aromatic rings. The topological polar surface area (TPSA) is 35.6 Å². The molecule has 11 rings (SSSR count). The fourth-order valence-electron chi connectivity index (χ4n) is 8.24. The average Bonchev–Trinajstić information content (AvgIpc) is 3.77. The lowest BCUT2D eigenvalue weighted by atomic mass is 9.99. The Bertz CT molecular complexity index is 2990. The van der Waals surface area contributed by atoms with Gasteiger partial charge in [0.2, 0.25) is 0 Å². The van der Waals surface area contributed by atoms with Gasteiger partial charge in [-0.3, -0.25) is 4.98 Å². The van der Waals surface area contributed by atoms with Crippen LogP contribution in [0.25, 0.3) is 105 Å². The Morgan fingerprint density at radius 1 is 0.469 bits per heavy atom. The van der Waals surface area contributed by atoms with Gasteiger partial charge in [-0.15, -0.1) is 0 Å². The maximum atomic E-state index is 5.26. The molecule has 0 fully saturated rings. The fourth-order valence-corrected chi connectivity index (χ4v) is 8.24. The molecule has 1 aliphatic rings. The Labute approximate surface area is 282 Å². The number of hydrogen-bond donors (Lipinski definition) is 0. The molecule has 0 amide bonds. The highest BCUT2D eigenvalue weighted by molar-refractivity contribution is 6.14. The monoisotopic (exact) mass is 624 g/mol. The normalized spacial score (nSPS) is 12.2. The van der Waals surface area contributed by atoms with Gasteiger partial charge in [0.05, 0.1) is 27.9 Å². The molecule has 0 aliphatic heterocycles. The van der Waals surface area contributed by atoms with Gasteiger partial charge in [-0.25, -0.2) is 4.98 Å². The van der Waals surface area contributed by atoms with E-state index < -0.39 is 0 Å². The van der Waals surface area contributed by atoms with Gasteiger partial charge >= 0.3 is 0 Å². The summed E-state index contributed by atoms with van der Waals surface area (Å²) in [5.74, 6) is 0. The number of fused-ring (bicyclic) bond motifs is 9. The SMILES string of the molecule is Cn1c2ccc(-c3ccc4c(c3)c3ccccc3n4-c3ccccc3)cc2c2cc(-c3ccc4c(n3)-c3ccnc5cccc-4c35)ccc21. The van der Waals surface area contributed by atoms with E-state index in [9.17, 15) is 0 Å². The third kappa shape index (κ3) is 3.68. The molecule has 0 bridgehead atoms. The van der Waals surface area contributed by atoms with Crippen molar-refractivity contribution in [3.05, 3.63) is 152 Å². The molecule has 0 unspecified atom stereocenters. The van der Waals surface area contributed by atoms with Crippen LogP contribution in [0.15, 0.2) is 152 Å². The van der Waals surface area contributed by atoms with Crippen LogP contribution in [0.2, 0.25) is 0 Å². The van der Waals surface area contributed by atoms with Crippen LogP contribution in [-0.2, 0) is 7.05 Å². The summed E-state index contributed by atoms with van der Waals surface area (Å²) in [7, 11) is 2.16. The maximum Gasteiger partial charge on any atom is 0.0795 e. The van der Waals surface area contributed by atoms with Gasteiger partial charge in [-0.05, 0) is 95.6 Å². The first-order valence-corrected chi connectivity index (χ1v) is 16.7. The van der Waals surface area contributed by atoms with Gasteiger partial charge < -0.3 is 9.13 Å². The van der Waals surface area contributed by atoms with Crippen LogP contribution in [-0.4, -0.2) is 19.1 Å². The Morgan fingerprint density at radius 2 is 1.14 bits per heavy atom. The number of rotatable bonds is 3. The first-order chi connectivity index (χ1) is 24.2. The number of hydrogen-bond acceptors (Lipinski definition) is 2. The van der Waals surface area contributed by atoms with Crippen LogP contribution < -0.4 is 0 Å². The number of aromatic nitrogens is 4. The Morgan fingerprint density at radius 3 is 1.96 bits per heavy atom. The van der Waals surface area contributed by atoms with Crippen molar-refractivity contribution in [2.24, 2.45) is 7.05 Å². The summed E-state index contributed by atoms with van der Waals surface area (Å²) in [6.07, 6.45) is 1.89. The zero-order valence-corrected chi connectivity index (χ0v) is 26.7. The second-order valence-corrected chi connectivity index (χ2v) is 13.1. The van der Waals surface area contributed by atoms with Gasteiger partial charge in [0.25, 0.3) is 0 Å². The Balaban J connectivity index is 1.06. The van der Waals surface area contributed by atoms with Gasteiger partial charge in [0, 0.05) is 73.6 Å². The minimum atomic E-state index is 0.979. The lowest BCUT2D eigenvalue weighted by Crippen LogP contribution is -1.92. The first-order valence-electron chi connectivity index (χ1n) is 16.7. The van der Waals surface area contributed by atoms with Crippen molar-refractivity contribution in [3.63, 3.8) is 0 Å². The molecular formula is C45H28N4. The summed E-state index contributed by atoms with van der Waals surface area (Å²) in [5.41, 5.74) is 16.2. The molecule has 49 heavy (non-hydrogen) atoms. The molecule has 0 N–H and O–H groups in total. The van der Waals surface area contributed by atoms with Crippen LogP contribution in [0.4, 0.5) is 0 Å². The summed E-state index contributed by atoms with van der Waals surface area (Å²) in [6.45, 7) is 0. The van der Waals surface area contributed by atoms with E-state index in [0.29, 0.717) is 0 Å². The number of aryl methyl sites for hydroxylation is 1.